The summed E-state index contributed by atoms with van der Waals surface area (Å²) in [5.74, 6) is 6.97. The van der Waals surface area contributed by atoms with Crippen LogP contribution in [0, 0.1) is 17.8 Å². The van der Waals surface area contributed by atoms with E-state index >= 15 is 0 Å². The summed E-state index contributed by atoms with van der Waals surface area (Å²) < 4.78 is 0. The highest BCUT2D eigenvalue weighted by Crippen LogP contribution is 2.32. The molecule has 1 heterocycles. The van der Waals surface area contributed by atoms with Gasteiger partial charge in [0.2, 0.25) is 0 Å². The third kappa shape index (κ3) is 1.92. The first-order valence-electron chi connectivity index (χ1n) is 4.22. The molecule has 0 amide bonds. The minimum Gasteiger partial charge on any atom is -0.302 e. The lowest BCUT2D eigenvalue weighted by Crippen LogP contribution is -1.96. The summed E-state index contributed by atoms with van der Waals surface area (Å²) in [5.41, 5.74) is 0. The van der Waals surface area contributed by atoms with Crippen molar-refractivity contribution in [2.24, 2.45) is 5.92 Å². The number of allylic oxidation sites excluding steroid dienone is 2. The second-order valence-corrected chi connectivity index (χ2v) is 4.42. The van der Waals surface area contributed by atoms with Gasteiger partial charge in [-0.3, -0.25) is 0 Å². The van der Waals surface area contributed by atoms with E-state index in [1.54, 1.807) is 11.8 Å². The van der Waals surface area contributed by atoms with Gasteiger partial charge in [-0.1, -0.05) is 17.9 Å². The van der Waals surface area contributed by atoms with Crippen molar-refractivity contribution in [1.82, 2.24) is 0 Å². The van der Waals surface area contributed by atoms with Crippen molar-refractivity contribution in [2.45, 2.75) is 24.5 Å². The summed E-state index contributed by atoms with van der Waals surface area (Å²) in [7, 11) is 0. The first-order valence-corrected chi connectivity index (χ1v) is 5.10. The molecule has 0 N–H and O–H groups in total. The van der Waals surface area contributed by atoms with Gasteiger partial charge in [-0.05, 0) is 19.3 Å². The molecule has 1 fully saturated rings. The van der Waals surface area contributed by atoms with Gasteiger partial charge in [0.05, 0.1) is 10.2 Å². The predicted molar refractivity (Wildman–Crippen MR) is 50.6 cm³/mol. The molecular weight excluding hydrogens is 168 g/mol. The van der Waals surface area contributed by atoms with Crippen molar-refractivity contribution < 1.29 is 4.79 Å². The van der Waals surface area contributed by atoms with Crippen molar-refractivity contribution in [2.75, 3.05) is 0 Å². The molecule has 2 aliphatic rings. The fourth-order valence-electron chi connectivity index (χ4n) is 1.05. The molecule has 0 radical (unpaired) electrons. The molecule has 1 unspecified atom stereocenters. The Morgan fingerprint density at radius 3 is 3.00 bits per heavy atom. The monoisotopic (exact) mass is 178 g/mol. The van der Waals surface area contributed by atoms with E-state index in [1.165, 1.54) is 12.8 Å². The Hall–Kier alpha value is -0.680. The molecule has 0 aromatic carbocycles. The van der Waals surface area contributed by atoms with Crippen LogP contribution >= 0.6 is 11.8 Å². The Morgan fingerprint density at radius 1 is 1.58 bits per heavy atom. The summed E-state index contributed by atoms with van der Waals surface area (Å²) >= 11 is 1.60. The quantitative estimate of drug-likeness (QED) is 0.451. The van der Waals surface area contributed by atoms with E-state index in [9.17, 15) is 4.79 Å². The number of carbonyl (C=O) groups excluding carboxylic acids is 1. The van der Waals surface area contributed by atoms with E-state index in [1.807, 2.05) is 0 Å². The summed E-state index contributed by atoms with van der Waals surface area (Å²) in [6, 6.07) is 0. The highest BCUT2D eigenvalue weighted by Gasteiger charge is 2.19. The molecule has 12 heavy (non-hydrogen) atoms. The van der Waals surface area contributed by atoms with E-state index in [0.29, 0.717) is 5.92 Å². The average molecular weight is 178 g/mol. The molecule has 2 rings (SSSR count). The molecule has 1 saturated carbocycles. The van der Waals surface area contributed by atoms with Crippen LogP contribution in [0.1, 0.15) is 19.3 Å². The van der Waals surface area contributed by atoms with Crippen LogP contribution in [0.15, 0.2) is 11.0 Å². The van der Waals surface area contributed by atoms with Gasteiger partial charge in [-0.15, -0.1) is 11.8 Å². The van der Waals surface area contributed by atoms with Crippen LogP contribution in [0.3, 0.4) is 0 Å². The first-order chi connectivity index (χ1) is 5.88. The van der Waals surface area contributed by atoms with Crippen molar-refractivity contribution in [3.63, 3.8) is 0 Å². The van der Waals surface area contributed by atoms with Crippen molar-refractivity contribution in [1.29, 1.82) is 0 Å². The maximum Gasteiger partial charge on any atom is 0.133 e. The Bertz CT molecular complexity index is 278. The molecule has 1 nitrogen and oxygen atoms in total. The van der Waals surface area contributed by atoms with E-state index in [-0.39, 0.29) is 5.25 Å². The van der Waals surface area contributed by atoms with Gasteiger partial charge in [-0.2, -0.15) is 0 Å². The lowest BCUT2D eigenvalue weighted by atomic mass is 10.3. The predicted octanol–water partition coefficient (Wildman–Crippen LogP) is 1.99. The Kier molecular flexibility index (Phi) is 2.23. The molecule has 0 spiro atoms. The van der Waals surface area contributed by atoms with Gasteiger partial charge in [0.15, 0.2) is 0 Å². The van der Waals surface area contributed by atoms with Crippen molar-refractivity contribution >= 4 is 18.0 Å². The maximum atomic E-state index is 10.4. The van der Waals surface area contributed by atoms with Crippen LogP contribution in [0.25, 0.3) is 0 Å². The molecule has 1 aliphatic heterocycles. The van der Waals surface area contributed by atoms with E-state index in [0.717, 1.165) is 17.6 Å². The SMILES string of the molecule is O=CC1CC=C(C#CC2CC2)S1. The largest absolute Gasteiger partial charge is 0.302 e. The topological polar surface area (TPSA) is 17.1 Å². The highest BCUT2D eigenvalue weighted by atomic mass is 32.2. The summed E-state index contributed by atoms with van der Waals surface area (Å²) in [6.45, 7) is 0. The smallest absolute Gasteiger partial charge is 0.133 e. The number of carbonyl (C=O) groups is 1. The van der Waals surface area contributed by atoms with Gasteiger partial charge < -0.3 is 4.79 Å². The molecule has 1 atom stereocenters. The molecule has 62 valence electrons. The van der Waals surface area contributed by atoms with Crippen LogP contribution in [-0.2, 0) is 4.79 Å². The van der Waals surface area contributed by atoms with Crippen LogP contribution < -0.4 is 0 Å². The molecule has 0 aromatic heterocycles. The molecule has 1 aliphatic carbocycles. The van der Waals surface area contributed by atoms with Gasteiger partial charge in [-0.25, -0.2) is 0 Å². The third-order valence-corrected chi connectivity index (χ3v) is 3.07. The summed E-state index contributed by atoms with van der Waals surface area (Å²) in [4.78, 5) is 11.5. The van der Waals surface area contributed by atoms with Gasteiger partial charge in [0.1, 0.15) is 6.29 Å². The fourth-order valence-corrected chi connectivity index (χ4v) is 1.93. The van der Waals surface area contributed by atoms with Crippen LogP contribution in [0.4, 0.5) is 0 Å². The zero-order valence-corrected chi connectivity index (χ0v) is 7.56. The minimum absolute atomic E-state index is 0.133. The van der Waals surface area contributed by atoms with Gasteiger partial charge in [0, 0.05) is 5.92 Å². The van der Waals surface area contributed by atoms with Gasteiger partial charge >= 0.3 is 0 Å². The zero-order valence-electron chi connectivity index (χ0n) is 6.75. The lowest BCUT2D eigenvalue weighted by Gasteiger charge is -1.94. The number of rotatable bonds is 1. The van der Waals surface area contributed by atoms with Crippen molar-refractivity contribution in [3.8, 4) is 11.8 Å². The van der Waals surface area contributed by atoms with Crippen LogP contribution in [0.5, 0.6) is 0 Å². The Balaban J connectivity index is 1.90. The first kappa shape index (κ1) is 7.94. The normalized spacial score (nSPS) is 27.3. The average Bonchev–Trinajstić information content (AvgIpc) is 2.81. The summed E-state index contributed by atoms with van der Waals surface area (Å²) in [5, 5.41) is 0.133. The molecule has 0 bridgehead atoms. The van der Waals surface area contributed by atoms with E-state index in [2.05, 4.69) is 17.9 Å². The molecular formula is C10H10OS. The zero-order chi connectivity index (χ0) is 8.39. The standard InChI is InChI=1S/C10H10OS/c11-7-10-6-5-9(12-10)4-3-8-1-2-8/h5,7-8,10H,1-2,6H2. The molecule has 0 aromatic rings. The van der Waals surface area contributed by atoms with E-state index < -0.39 is 0 Å². The van der Waals surface area contributed by atoms with Crippen LogP contribution in [-0.4, -0.2) is 11.5 Å². The Labute approximate surface area is 76.6 Å². The van der Waals surface area contributed by atoms with E-state index in [4.69, 9.17) is 0 Å². The Morgan fingerprint density at radius 2 is 2.42 bits per heavy atom. The lowest BCUT2D eigenvalue weighted by molar-refractivity contribution is -0.107. The van der Waals surface area contributed by atoms with Crippen molar-refractivity contribution in [3.05, 3.63) is 11.0 Å². The summed E-state index contributed by atoms with van der Waals surface area (Å²) in [6.07, 6.45) is 6.47. The number of aldehydes is 1. The second kappa shape index (κ2) is 3.37. The molecule has 0 saturated heterocycles. The number of hydrogen-bond donors (Lipinski definition) is 0. The fraction of sp³-hybridized carbons (Fsp3) is 0.500. The van der Waals surface area contributed by atoms with Gasteiger partial charge in [0.25, 0.3) is 0 Å². The number of hydrogen-bond acceptors (Lipinski definition) is 2. The van der Waals surface area contributed by atoms with Crippen LogP contribution in [0.2, 0.25) is 0 Å². The third-order valence-electron chi connectivity index (χ3n) is 1.94. The maximum absolute atomic E-state index is 10.4. The highest BCUT2D eigenvalue weighted by molar-refractivity contribution is 8.04. The second-order valence-electron chi connectivity index (χ2n) is 3.14. The molecule has 2 heteroatoms. The minimum atomic E-state index is 0.133. The number of thioether (sulfide) groups is 1.